The minimum absolute atomic E-state index is 0.192. The van der Waals surface area contributed by atoms with Crippen LogP contribution in [0, 0.1) is 18.4 Å². The van der Waals surface area contributed by atoms with Crippen molar-refractivity contribution in [1.29, 1.82) is 0 Å². The molecule has 0 aliphatic heterocycles. The molecule has 31 heavy (non-hydrogen) atoms. The van der Waals surface area contributed by atoms with Crippen LogP contribution in [-0.4, -0.2) is 40.6 Å². The molecule has 1 aromatic carbocycles. The maximum Gasteiger partial charge on any atom is 0.264 e. The average Bonchev–Trinajstić information content (AvgIpc) is 2.68. The molecule has 0 unspecified atom stereocenters. The van der Waals surface area contributed by atoms with Crippen molar-refractivity contribution in [3.63, 3.8) is 0 Å². The van der Waals surface area contributed by atoms with Crippen LogP contribution < -0.4 is 0 Å². The predicted octanol–water partition coefficient (Wildman–Crippen LogP) is 5.92. The second-order valence-corrected chi connectivity index (χ2v) is 16.2. The summed E-state index contributed by atoms with van der Waals surface area (Å²) < 4.78 is 32.7. The van der Waals surface area contributed by atoms with Gasteiger partial charge in [-0.15, -0.1) is 12.1 Å². The molecule has 0 bridgehead atoms. The molecule has 0 aromatic heterocycles. The molecule has 0 aliphatic carbocycles. The van der Waals surface area contributed by atoms with Gasteiger partial charge < -0.3 is 4.74 Å². The zero-order valence-electron chi connectivity index (χ0n) is 20.2. The third-order valence-electron chi connectivity index (χ3n) is 5.77. The topological polar surface area (TPSA) is 46.6 Å². The van der Waals surface area contributed by atoms with E-state index in [1.54, 1.807) is 42.6 Å². The largest absolute Gasteiger partial charge is 0.365 e. The Morgan fingerprint density at radius 1 is 1.06 bits per heavy atom. The van der Waals surface area contributed by atoms with Crippen molar-refractivity contribution in [3.8, 4) is 11.5 Å². The van der Waals surface area contributed by atoms with E-state index in [1.807, 2.05) is 6.92 Å². The molecule has 0 aliphatic rings. The lowest BCUT2D eigenvalue weighted by Gasteiger charge is -2.38. The van der Waals surface area contributed by atoms with Crippen molar-refractivity contribution in [3.05, 3.63) is 54.8 Å². The fourth-order valence-electron chi connectivity index (χ4n) is 4.17. The Balaban J connectivity index is 2.79. The van der Waals surface area contributed by atoms with Gasteiger partial charge in [0.1, 0.15) is 14.7 Å². The van der Waals surface area contributed by atoms with Gasteiger partial charge in [-0.25, -0.2) is 8.42 Å². The highest BCUT2D eigenvalue weighted by Crippen LogP contribution is 2.40. The molecule has 172 valence electrons. The van der Waals surface area contributed by atoms with Crippen molar-refractivity contribution in [1.82, 2.24) is 4.31 Å². The highest BCUT2D eigenvalue weighted by molar-refractivity contribution is 7.89. The lowest BCUT2D eigenvalue weighted by atomic mass is 10.2. The maximum absolute atomic E-state index is 12.9. The van der Waals surface area contributed by atoms with Crippen LogP contribution in [0.4, 0.5) is 0 Å². The molecular weight excluding hydrogens is 422 g/mol. The van der Waals surface area contributed by atoms with Crippen molar-refractivity contribution in [2.75, 3.05) is 19.8 Å². The molecule has 6 heteroatoms. The van der Waals surface area contributed by atoms with Gasteiger partial charge in [-0.1, -0.05) is 71.2 Å². The molecular formula is C25H39NO3SSi. The minimum Gasteiger partial charge on any atom is -0.365 e. The Labute approximate surface area is 191 Å². The molecule has 0 amide bonds. The van der Waals surface area contributed by atoms with Crippen molar-refractivity contribution >= 4 is 18.1 Å². The Hall–Kier alpha value is -1.81. The Kier molecular flexibility index (Phi) is 10.8. The standard InChI is InChI=1S/C25H39NO3SSi/c1-9-16-26(30(27,28)25-14-12-24(8)13-15-25)17-10-18-29-19-11-20-31(21(2)3,22(4)5)23(6)7/h9-10,12-15,17,21-23H,1,16,18-19H2,2-8H3/b17-10+. The van der Waals surface area contributed by atoms with Gasteiger partial charge >= 0.3 is 0 Å². The lowest BCUT2D eigenvalue weighted by Crippen LogP contribution is -2.43. The summed E-state index contributed by atoms with van der Waals surface area (Å²) in [5.74, 6) is 3.25. The SMILES string of the molecule is C=CCN(/C=C/COCC#C[Si](C(C)C)(C(C)C)C(C)C)S(=O)(=O)c1ccc(C)cc1. The second-order valence-electron chi connectivity index (χ2n) is 8.78. The first-order valence-electron chi connectivity index (χ1n) is 10.9. The van der Waals surface area contributed by atoms with Gasteiger partial charge in [0.05, 0.1) is 18.0 Å². The molecule has 0 atom stereocenters. The molecule has 0 heterocycles. The fraction of sp³-hybridized carbons (Fsp3) is 0.520. The Morgan fingerprint density at radius 2 is 1.61 bits per heavy atom. The van der Waals surface area contributed by atoms with Crippen molar-refractivity contribution in [2.45, 2.75) is 70.0 Å². The quantitative estimate of drug-likeness (QED) is 0.178. The van der Waals surface area contributed by atoms with E-state index < -0.39 is 18.1 Å². The van der Waals surface area contributed by atoms with Crippen molar-refractivity contribution in [2.24, 2.45) is 0 Å². The summed E-state index contributed by atoms with van der Waals surface area (Å²) in [6, 6.07) is 6.82. The summed E-state index contributed by atoms with van der Waals surface area (Å²) >= 11 is 0. The van der Waals surface area contributed by atoms with E-state index in [1.165, 1.54) is 4.31 Å². The number of ether oxygens (including phenoxy) is 1. The van der Waals surface area contributed by atoms with Crippen LogP contribution in [0.15, 0.2) is 54.1 Å². The highest BCUT2D eigenvalue weighted by Gasteiger charge is 2.41. The first-order chi connectivity index (χ1) is 14.5. The van der Waals surface area contributed by atoms with Crippen LogP contribution in [0.5, 0.6) is 0 Å². The van der Waals surface area contributed by atoms with E-state index >= 15 is 0 Å². The molecule has 4 nitrogen and oxygen atoms in total. The summed E-state index contributed by atoms with van der Waals surface area (Å²) in [6.45, 7) is 20.1. The lowest BCUT2D eigenvalue weighted by molar-refractivity contribution is 0.198. The molecule has 0 saturated heterocycles. The second kappa shape index (κ2) is 12.3. The molecule has 0 fully saturated rings. The summed E-state index contributed by atoms with van der Waals surface area (Å²) in [5, 5.41) is 0. The van der Waals surface area contributed by atoms with E-state index in [0.29, 0.717) is 29.8 Å². The van der Waals surface area contributed by atoms with Crippen LogP contribution in [0.3, 0.4) is 0 Å². The van der Waals surface area contributed by atoms with Crippen molar-refractivity contribution < 1.29 is 13.2 Å². The highest BCUT2D eigenvalue weighted by atomic mass is 32.2. The number of hydrogen-bond acceptors (Lipinski definition) is 3. The number of nitrogens with zero attached hydrogens (tertiary/aromatic N) is 1. The van der Waals surface area contributed by atoms with E-state index in [0.717, 1.165) is 5.56 Å². The average molecular weight is 462 g/mol. The maximum atomic E-state index is 12.9. The number of sulfonamides is 1. The molecule has 0 saturated carbocycles. The van der Waals surface area contributed by atoms with E-state index in [4.69, 9.17) is 4.74 Å². The monoisotopic (exact) mass is 461 g/mol. The first-order valence-corrected chi connectivity index (χ1v) is 14.6. The zero-order chi connectivity index (χ0) is 23.7. The summed E-state index contributed by atoms with van der Waals surface area (Å²) in [6.07, 6.45) is 4.81. The zero-order valence-corrected chi connectivity index (χ0v) is 22.0. The normalized spacial score (nSPS) is 12.5. The van der Waals surface area contributed by atoms with E-state index in [-0.39, 0.29) is 11.4 Å². The summed E-state index contributed by atoms with van der Waals surface area (Å²) in [4.78, 5) is 0.258. The fourth-order valence-corrected chi connectivity index (χ4v) is 10.7. The van der Waals surface area contributed by atoms with Crippen LogP contribution >= 0.6 is 0 Å². The molecule has 0 radical (unpaired) electrons. The van der Waals surface area contributed by atoms with Crippen LogP contribution in [0.25, 0.3) is 0 Å². The predicted molar refractivity (Wildman–Crippen MR) is 134 cm³/mol. The van der Waals surface area contributed by atoms with Gasteiger partial charge in [0, 0.05) is 6.20 Å². The smallest absolute Gasteiger partial charge is 0.264 e. The third kappa shape index (κ3) is 7.10. The summed E-state index contributed by atoms with van der Waals surface area (Å²) in [7, 11) is -5.38. The number of benzene rings is 1. The van der Waals surface area contributed by atoms with E-state index in [9.17, 15) is 8.42 Å². The molecule has 1 aromatic rings. The van der Waals surface area contributed by atoms with Gasteiger partial charge in [-0.3, -0.25) is 4.31 Å². The Bertz CT molecular complexity index is 869. The number of rotatable bonds is 11. The molecule has 0 N–H and O–H groups in total. The van der Waals surface area contributed by atoms with Gasteiger partial charge in [0.25, 0.3) is 10.0 Å². The van der Waals surface area contributed by atoms with Gasteiger partial charge in [-0.2, -0.15) is 0 Å². The first kappa shape index (κ1) is 27.2. The van der Waals surface area contributed by atoms with Gasteiger partial charge in [0.2, 0.25) is 0 Å². The van der Waals surface area contributed by atoms with Crippen LogP contribution in [0.1, 0.15) is 47.1 Å². The molecule has 1 rings (SSSR count). The minimum atomic E-state index is -3.63. The van der Waals surface area contributed by atoms with Gasteiger partial charge in [0.15, 0.2) is 0 Å². The summed E-state index contributed by atoms with van der Waals surface area (Å²) in [5.41, 5.74) is 6.38. The van der Waals surface area contributed by atoms with Crippen LogP contribution in [0.2, 0.25) is 16.6 Å². The van der Waals surface area contributed by atoms with Gasteiger partial charge in [-0.05, 0) is 41.8 Å². The third-order valence-corrected chi connectivity index (χ3v) is 13.9. The number of hydrogen-bond donors (Lipinski definition) is 0. The van der Waals surface area contributed by atoms with E-state index in [2.05, 4.69) is 59.6 Å². The number of aryl methyl sites for hydroxylation is 1. The molecule has 0 spiro atoms. The Morgan fingerprint density at radius 3 is 2.10 bits per heavy atom. The van der Waals surface area contributed by atoms with Crippen LogP contribution in [-0.2, 0) is 14.8 Å².